The summed E-state index contributed by atoms with van der Waals surface area (Å²) in [6.45, 7) is 8.63. The summed E-state index contributed by atoms with van der Waals surface area (Å²) < 4.78 is 14.2. The van der Waals surface area contributed by atoms with Crippen molar-refractivity contribution in [3.63, 3.8) is 0 Å². The fourth-order valence-corrected chi connectivity index (χ4v) is 5.78. The number of aromatic nitrogens is 3. The van der Waals surface area contributed by atoms with Gasteiger partial charge in [0.1, 0.15) is 17.4 Å². The molecule has 3 aliphatic heterocycles. The molecule has 0 radical (unpaired) electrons. The van der Waals surface area contributed by atoms with Crippen molar-refractivity contribution < 1.29 is 14.3 Å². The fourth-order valence-electron chi connectivity index (χ4n) is 5.78. The normalized spacial score (nSPS) is 23.8. The molecule has 2 aromatic heterocycles. The van der Waals surface area contributed by atoms with Gasteiger partial charge in [-0.1, -0.05) is 0 Å². The van der Waals surface area contributed by atoms with Crippen molar-refractivity contribution in [1.82, 2.24) is 24.8 Å². The van der Waals surface area contributed by atoms with Crippen LogP contribution in [0.2, 0.25) is 0 Å². The summed E-state index contributed by atoms with van der Waals surface area (Å²) in [5, 5.41) is 2.93. The van der Waals surface area contributed by atoms with Crippen LogP contribution < -0.4 is 15.0 Å². The van der Waals surface area contributed by atoms with E-state index in [2.05, 4.69) is 50.9 Å². The van der Waals surface area contributed by atoms with E-state index in [-0.39, 0.29) is 17.9 Å². The number of carbonyl (C=O) groups excluding carboxylic acids is 1. The number of hydrogen-bond acceptors (Lipinski definition) is 7. The van der Waals surface area contributed by atoms with Crippen LogP contribution in [-0.4, -0.2) is 83.4 Å². The van der Waals surface area contributed by atoms with Gasteiger partial charge >= 0.3 is 0 Å². The average Bonchev–Trinajstić information content (AvgIpc) is 3.48. The number of nitrogens with one attached hydrogen (secondary N) is 1. The Morgan fingerprint density at radius 1 is 1.08 bits per heavy atom. The number of imidazole rings is 1. The van der Waals surface area contributed by atoms with Crippen LogP contribution in [0.1, 0.15) is 32.2 Å². The zero-order valence-corrected chi connectivity index (χ0v) is 21.3. The molecule has 37 heavy (non-hydrogen) atoms. The number of amides is 1. The van der Waals surface area contributed by atoms with Gasteiger partial charge in [-0.05, 0) is 44.0 Å². The molecule has 1 amide bonds. The molecular weight excluding hydrogens is 468 g/mol. The van der Waals surface area contributed by atoms with Crippen molar-refractivity contribution in [3.05, 3.63) is 36.8 Å². The smallest absolute Gasteiger partial charge is 0.220 e. The monoisotopic (exact) mass is 502 g/mol. The van der Waals surface area contributed by atoms with Gasteiger partial charge in [0.15, 0.2) is 0 Å². The quantitative estimate of drug-likeness (QED) is 0.532. The largest absolute Gasteiger partial charge is 0.488 e. The SMILES string of the molecule is CC(Oc1cc(-c2ccc(N3CCN(C4COC4)CC3)cn2)cc2ncn(C3CC3)c12)[C@H]1CNC(=O)C1. The number of fused-ring (bicyclic) bond motifs is 1. The molecule has 9 heteroatoms. The van der Waals surface area contributed by atoms with Crippen molar-refractivity contribution in [1.29, 1.82) is 0 Å². The number of anilines is 1. The standard InChI is InChI=1S/C28H34N6O3/c1-18(20-12-27(35)30-13-20)37-26-11-19(10-25-28(26)34(17-31-25)21-2-3-21)24-5-4-22(14-29-24)32-6-8-33(9-7-32)23-15-36-16-23/h4-5,10-11,14,17-18,20-21,23H,2-3,6-9,12-13,15-16H2,1H3,(H,30,35)/t18?,20-/m1/s1. The van der Waals surface area contributed by atoms with Crippen molar-refractivity contribution in [2.75, 3.05) is 50.8 Å². The molecule has 3 aromatic rings. The Hall–Kier alpha value is -3.17. The van der Waals surface area contributed by atoms with E-state index in [1.807, 2.05) is 12.5 Å². The van der Waals surface area contributed by atoms with Crippen LogP contribution in [0.25, 0.3) is 22.3 Å². The summed E-state index contributed by atoms with van der Waals surface area (Å²) in [7, 11) is 0. The first-order chi connectivity index (χ1) is 18.1. The summed E-state index contributed by atoms with van der Waals surface area (Å²) >= 11 is 0. The third-order valence-electron chi connectivity index (χ3n) is 8.42. The van der Waals surface area contributed by atoms with Crippen LogP contribution in [0.5, 0.6) is 5.75 Å². The summed E-state index contributed by atoms with van der Waals surface area (Å²) in [6, 6.07) is 9.60. The number of ether oxygens (including phenoxy) is 2. The van der Waals surface area contributed by atoms with Gasteiger partial charge in [-0.3, -0.25) is 14.7 Å². The number of carbonyl (C=O) groups is 1. The van der Waals surface area contributed by atoms with Gasteiger partial charge in [0, 0.05) is 56.7 Å². The Balaban J connectivity index is 1.13. The predicted octanol–water partition coefficient (Wildman–Crippen LogP) is 2.86. The lowest BCUT2D eigenvalue weighted by molar-refractivity contribution is -0.119. The van der Waals surface area contributed by atoms with Crippen molar-refractivity contribution in [2.24, 2.45) is 5.92 Å². The number of piperazine rings is 1. The van der Waals surface area contributed by atoms with Gasteiger partial charge in [0.2, 0.25) is 5.91 Å². The van der Waals surface area contributed by atoms with Gasteiger partial charge in [0.25, 0.3) is 0 Å². The Kier molecular flexibility index (Phi) is 5.77. The van der Waals surface area contributed by atoms with E-state index in [1.54, 1.807) is 0 Å². The van der Waals surface area contributed by atoms with Crippen LogP contribution in [0.3, 0.4) is 0 Å². The van der Waals surface area contributed by atoms with Crippen molar-refractivity contribution in [3.8, 4) is 17.0 Å². The van der Waals surface area contributed by atoms with Crippen LogP contribution in [-0.2, 0) is 9.53 Å². The highest BCUT2D eigenvalue weighted by Gasteiger charge is 2.31. The highest BCUT2D eigenvalue weighted by Crippen LogP contribution is 2.41. The lowest BCUT2D eigenvalue weighted by Gasteiger charge is -2.43. The highest BCUT2D eigenvalue weighted by molar-refractivity contribution is 5.88. The molecule has 9 nitrogen and oxygen atoms in total. The molecule has 5 heterocycles. The van der Waals surface area contributed by atoms with Crippen molar-refractivity contribution >= 4 is 22.6 Å². The van der Waals surface area contributed by atoms with E-state index in [1.165, 1.54) is 12.8 Å². The van der Waals surface area contributed by atoms with Crippen LogP contribution in [0.15, 0.2) is 36.8 Å². The fraction of sp³-hybridized carbons (Fsp3) is 0.536. The second-order valence-electron chi connectivity index (χ2n) is 10.9. The molecule has 4 fully saturated rings. The van der Waals surface area contributed by atoms with E-state index in [4.69, 9.17) is 19.4 Å². The van der Waals surface area contributed by atoms with E-state index < -0.39 is 0 Å². The Morgan fingerprint density at radius 3 is 2.57 bits per heavy atom. The first kappa shape index (κ1) is 23.0. The van der Waals surface area contributed by atoms with Gasteiger partial charge < -0.3 is 24.3 Å². The first-order valence-corrected chi connectivity index (χ1v) is 13.6. The van der Waals surface area contributed by atoms with Gasteiger partial charge in [-0.15, -0.1) is 0 Å². The van der Waals surface area contributed by atoms with Crippen molar-refractivity contribution in [2.45, 2.75) is 44.4 Å². The molecule has 1 aromatic carbocycles. The Bertz CT molecular complexity index is 1290. The second-order valence-corrected chi connectivity index (χ2v) is 10.9. The Labute approximate surface area is 216 Å². The maximum Gasteiger partial charge on any atom is 0.220 e. The maximum absolute atomic E-state index is 11.8. The molecule has 7 rings (SSSR count). The van der Waals surface area contributed by atoms with Gasteiger partial charge in [-0.2, -0.15) is 0 Å². The third-order valence-corrected chi connectivity index (χ3v) is 8.42. The molecule has 4 aliphatic rings. The van der Waals surface area contributed by atoms with E-state index in [0.29, 0.717) is 25.0 Å². The lowest BCUT2D eigenvalue weighted by atomic mass is 10.0. The van der Waals surface area contributed by atoms with Crippen LogP contribution >= 0.6 is 0 Å². The molecule has 2 atom stereocenters. The number of nitrogens with zero attached hydrogens (tertiary/aromatic N) is 5. The molecule has 194 valence electrons. The van der Waals surface area contributed by atoms with Crippen LogP contribution in [0, 0.1) is 5.92 Å². The number of hydrogen-bond donors (Lipinski definition) is 1. The zero-order valence-electron chi connectivity index (χ0n) is 21.3. The molecule has 0 bridgehead atoms. The summed E-state index contributed by atoms with van der Waals surface area (Å²) in [5.41, 5.74) is 5.04. The highest BCUT2D eigenvalue weighted by atomic mass is 16.5. The number of pyridine rings is 1. The minimum Gasteiger partial charge on any atom is -0.488 e. The first-order valence-electron chi connectivity index (χ1n) is 13.6. The zero-order chi connectivity index (χ0) is 24.9. The van der Waals surface area contributed by atoms with Gasteiger partial charge in [0.05, 0.1) is 48.7 Å². The Morgan fingerprint density at radius 2 is 1.92 bits per heavy atom. The minimum absolute atomic E-state index is 0.0829. The molecule has 1 saturated carbocycles. The maximum atomic E-state index is 11.8. The molecule has 1 N–H and O–H groups in total. The van der Waals surface area contributed by atoms with E-state index in [9.17, 15) is 4.79 Å². The number of rotatable bonds is 7. The molecule has 1 unspecified atom stereocenters. The van der Waals surface area contributed by atoms with E-state index >= 15 is 0 Å². The average molecular weight is 503 g/mol. The number of benzene rings is 1. The molecule has 3 saturated heterocycles. The van der Waals surface area contributed by atoms with Gasteiger partial charge in [-0.25, -0.2) is 4.98 Å². The molecular formula is C28H34N6O3. The minimum atomic E-state index is -0.0829. The third kappa shape index (κ3) is 4.44. The van der Waals surface area contributed by atoms with Crippen LogP contribution in [0.4, 0.5) is 5.69 Å². The van der Waals surface area contributed by atoms with E-state index in [0.717, 1.165) is 73.1 Å². The summed E-state index contributed by atoms with van der Waals surface area (Å²) in [5.74, 6) is 1.09. The molecule has 0 spiro atoms. The summed E-state index contributed by atoms with van der Waals surface area (Å²) in [6.07, 6.45) is 6.71. The second kappa shape index (κ2) is 9.29. The predicted molar refractivity (Wildman–Crippen MR) is 141 cm³/mol. The molecule has 1 aliphatic carbocycles. The topological polar surface area (TPSA) is 84.8 Å². The lowest BCUT2D eigenvalue weighted by Crippen LogP contribution is -2.56. The summed E-state index contributed by atoms with van der Waals surface area (Å²) in [4.78, 5) is 26.3.